The molecule has 0 radical (unpaired) electrons. The van der Waals surface area contributed by atoms with Gasteiger partial charge in [0, 0.05) is 25.7 Å². The fourth-order valence-corrected chi connectivity index (χ4v) is 1.47. The van der Waals surface area contributed by atoms with Crippen molar-refractivity contribution in [2.45, 2.75) is 65.2 Å². The second-order valence-electron chi connectivity index (χ2n) is 4.51. The number of rotatable bonds is 10. The summed E-state index contributed by atoms with van der Waals surface area (Å²) in [4.78, 5) is 0. The van der Waals surface area contributed by atoms with E-state index in [4.69, 9.17) is 15.3 Å². The SMILES string of the molecule is CCCCCCCC.OCCCC(CO)CO. The van der Waals surface area contributed by atoms with Gasteiger partial charge in [0.05, 0.1) is 0 Å². The Kier molecular flexibility index (Phi) is 20.6. The minimum atomic E-state index is -0.0443. The van der Waals surface area contributed by atoms with E-state index in [1.165, 1.54) is 38.5 Å². The van der Waals surface area contributed by atoms with E-state index in [1.807, 2.05) is 0 Å². The summed E-state index contributed by atoms with van der Waals surface area (Å²) in [6, 6.07) is 0. The molecule has 3 N–H and O–H groups in total. The topological polar surface area (TPSA) is 60.7 Å². The van der Waals surface area contributed by atoms with Crippen LogP contribution < -0.4 is 0 Å². The summed E-state index contributed by atoms with van der Waals surface area (Å²) >= 11 is 0. The Labute approximate surface area is 107 Å². The molecule has 0 saturated heterocycles. The minimum absolute atomic E-state index is 0.0104. The van der Waals surface area contributed by atoms with Gasteiger partial charge in [0.15, 0.2) is 0 Å². The first-order valence-corrected chi connectivity index (χ1v) is 7.09. The molecular weight excluding hydrogens is 216 g/mol. The molecule has 0 aromatic rings. The van der Waals surface area contributed by atoms with Gasteiger partial charge in [0.2, 0.25) is 0 Å². The number of aliphatic hydroxyl groups is 3. The molecule has 0 bridgehead atoms. The molecule has 0 aliphatic carbocycles. The summed E-state index contributed by atoms with van der Waals surface area (Å²) < 4.78 is 0. The molecule has 0 aliphatic heterocycles. The fourth-order valence-electron chi connectivity index (χ4n) is 1.47. The lowest BCUT2D eigenvalue weighted by atomic mass is 10.1. The molecule has 0 heterocycles. The first-order valence-electron chi connectivity index (χ1n) is 7.09. The molecule has 17 heavy (non-hydrogen) atoms. The Hall–Kier alpha value is -0.120. The Morgan fingerprint density at radius 3 is 1.47 bits per heavy atom. The molecule has 0 unspecified atom stereocenters. The first kappa shape index (κ1) is 19.2. The highest BCUT2D eigenvalue weighted by Crippen LogP contribution is 2.03. The molecule has 0 fully saturated rings. The molecule has 0 rings (SSSR count). The van der Waals surface area contributed by atoms with E-state index in [0.717, 1.165) is 0 Å². The first-order chi connectivity index (χ1) is 8.26. The van der Waals surface area contributed by atoms with Gasteiger partial charge in [0.25, 0.3) is 0 Å². The summed E-state index contributed by atoms with van der Waals surface area (Å²) in [6.45, 7) is 4.67. The van der Waals surface area contributed by atoms with Crippen LogP contribution in [0.5, 0.6) is 0 Å². The maximum atomic E-state index is 8.51. The van der Waals surface area contributed by atoms with Crippen LogP contribution in [0, 0.1) is 5.92 Å². The third-order valence-electron chi connectivity index (χ3n) is 2.74. The number of unbranched alkanes of at least 4 members (excludes halogenated alkanes) is 5. The van der Waals surface area contributed by atoms with E-state index in [0.29, 0.717) is 12.8 Å². The number of hydrogen-bond acceptors (Lipinski definition) is 3. The monoisotopic (exact) mass is 248 g/mol. The van der Waals surface area contributed by atoms with Crippen molar-refractivity contribution >= 4 is 0 Å². The van der Waals surface area contributed by atoms with Gasteiger partial charge in [0.1, 0.15) is 0 Å². The second kappa shape index (κ2) is 18.3. The average molecular weight is 248 g/mol. The summed E-state index contributed by atoms with van der Waals surface area (Å²) in [5, 5.41) is 25.4. The molecule has 3 nitrogen and oxygen atoms in total. The minimum Gasteiger partial charge on any atom is -0.396 e. The molecule has 0 atom stereocenters. The van der Waals surface area contributed by atoms with Crippen LogP contribution in [0.2, 0.25) is 0 Å². The largest absolute Gasteiger partial charge is 0.396 e. The van der Waals surface area contributed by atoms with Crippen LogP contribution in [0.4, 0.5) is 0 Å². The average Bonchev–Trinajstić information content (AvgIpc) is 2.37. The lowest BCUT2D eigenvalue weighted by Crippen LogP contribution is -2.11. The van der Waals surface area contributed by atoms with Crippen molar-refractivity contribution in [1.82, 2.24) is 0 Å². The van der Waals surface area contributed by atoms with Gasteiger partial charge in [-0.2, -0.15) is 0 Å². The van der Waals surface area contributed by atoms with Gasteiger partial charge in [-0.05, 0) is 12.8 Å². The van der Waals surface area contributed by atoms with E-state index in [9.17, 15) is 0 Å². The summed E-state index contributed by atoms with van der Waals surface area (Å²) in [5.74, 6) is -0.0443. The van der Waals surface area contributed by atoms with Gasteiger partial charge in [-0.25, -0.2) is 0 Å². The third-order valence-corrected chi connectivity index (χ3v) is 2.74. The Balaban J connectivity index is 0. The van der Waals surface area contributed by atoms with Gasteiger partial charge < -0.3 is 15.3 Å². The zero-order chi connectivity index (χ0) is 13.4. The van der Waals surface area contributed by atoms with Crippen molar-refractivity contribution in [3.05, 3.63) is 0 Å². The van der Waals surface area contributed by atoms with Gasteiger partial charge in [-0.1, -0.05) is 52.4 Å². The maximum Gasteiger partial charge on any atom is 0.0481 e. The number of aliphatic hydroxyl groups excluding tert-OH is 3. The maximum absolute atomic E-state index is 8.51. The van der Waals surface area contributed by atoms with E-state index in [2.05, 4.69) is 13.8 Å². The van der Waals surface area contributed by atoms with E-state index >= 15 is 0 Å². The highest BCUT2D eigenvalue weighted by atomic mass is 16.3. The lowest BCUT2D eigenvalue weighted by molar-refractivity contribution is 0.136. The standard InChI is InChI=1S/C8H18.C6H14O3/c1-3-5-7-8-6-4-2;7-3-1-2-6(4-8)5-9/h3-8H2,1-2H3;6-9H,1-5H2. The molecule has 0 aromatic heterocycles. The Morgan fingerprint density at radius 1 is 0.706 bits per heavy atom. The molecule has 0 saturated carbocycles. The molecule has 0 spiro atoms. The molecule has 3 heteroatoms. The zero-order valence-corrected chi connectivity index (χ0v) is 11.7. The molecule has 0 amide bonds. The summed E-state index contributed by atoms with van der Waals surface area (Å²) in [6.07, 6.45) is 9.84. The van der Waals surface area contributed by atoms with Crippen LogP contribution in [0.1, 0.15) is 65.2 Å². The van der Waals surface area contributed by atoms with Crippen molar-refractivity contribution in [1.29, 1.82) is 0 Å². The van der Waals surface area contributed by atoms with Crippen molar-refractivity contribution < 1.29 is 15.3 Å². The fraction of sp³-hybridized carbons (Fsp3) is 1.00. The van der Waals surface area contributed by atoms with Crippen LogP contribution in [-0.4, -0.2) is 35.1 Å². The van der Waals surface area contributed by atoms with Crippen molar-refractivity contribution in [2.24, 2.45) is 5.92 Å². The molecule has 0 aromatic carbocycles. The van der Waals surface area contributed by atoms with E-state index in [-0.39, 0.29) is 25.7 Å². The van der Waals surface area contributed by atoms with Crippen LogP contribution in [-0.2, 0) is 0 Å². The normalized spacial score (nSPS) is 10.2. The highest BCUT2D eigenvalue weighted by Gasteiger charge is 2.03. The zero-order valence-electron chi connectivity index (χ0n) is 11.7. The predicted molar refractivity (Wildman–Crippen MR) is 73.0 cm³/mol. The lowest BCUT2D eigenvalue weighted by Gasteiger charge is -2.07. The summed E-state index contributed by atoms with van der Waals surface area (Å²) in [5.41, 5.74) is 0. The van der Waals surface area contributed by atoms with Gasteiger partial charge in [-0.3, -0.25) is 0 Å². The molecular formula is C14H32O3. The highest BCUT2D eigenvalue weighted by molar-refractivity contribution is 4.54. The van der Waals surface area contributed by atoms with Crippen LogP contribution >= 0.6 is 0 Å². The number of hydrogen-bond donors (Lipinski definition) is 3. The quantitative estimate of drug-likeness (QED) is 0.521. The molecule has 106 valence electrons. The van der Waals surface area contributed by atoms with Crippen molar-refractivity contribution in [3.8, 4) is 0 Å². The predicted octanol–water partition coefficient (Wildman–Crippen LogP) is 2.73. The van der Waals surface area contributed by atoms with Crippen LogP contribution in [0.3, 0.4) is 0 Å². The molecule has 0 aliphatic rings. The Bertz CT molecular complexity index is 108. The van der Waals surface area contributed by atoms with Gasteiger partial charge >= 0.3 is 0 Å². The Morgan fingerprint density at radius 2 is 1.18 bits per heavy atom. The smallest absolute Gasteiger partial charge is 0.0481 e. The van der Waals surface area contributed by atoms with Gasteiger partial charge in [-0.15, -0.1) is 0 Å². The second-order valence-corrected chi connectivity index (χ2v) is 4.51. The van der Waals surface area contributed by atoms with E-state index < -0.39 is 0 Å². The van der Waals surface area contributed by atoms with Crippen LogP contribution in [0.25, 0.3) is 0 Å². The summed E-state index contributed by atoms with van der Waals surface area (Å²) in [7, 11) is 0. The van der Waals surface area contributed by atoms with E-state index in [1.54, 1.807) is 0 Å². The van der Waals surface area contributed by atoms with Crippen molar-refractivity contribution in [3.63, 3.8) is 0 Å². The van der Waals surface area contributed by atoms with Crippen molar-refractivity contribution in [2.75, 3.05) is 19.8 Å². The van der Waals surface area contributed by atoms with Crippen LogP contribution in [0.15, 0.2) is 0 Å². The third kappa shape index (κ3) is 18.4.